The molecule has 0 amide bonds. The van der Waals surface area contributed by atoms with Crippen molar-refractivity contribution in [2.24, 2.45) is 0 Å². The molecule has 56 valence electrons. The molecule has 1 aromatic heterocycles. The van der Waals surface area contributed by atoms with Crippen molar-refractivity contribution in [3.63, 3.8) is 0 Å². The third-order valence-electron chi connectivity index (χ3n) is 1.57. The van der Waals surface area contributed by atoms with E-state index < -0.39 is 0 Å². The molecule has 4 heteroatoms. The maximum Gasteiger partial charge on any atom is 0.165 e. The van der Waals surface area contributed by atoms with Gasteiger partial charge in [-0.05, 0) is 13.3 Å². The van der Waals surface area contributed by atoms with Crippen LogP contribution in [0.25, 0.3) is 0 Å². The molecule has 0 radical (unpaired) electrons. The summed E-state index contributed by atoms with van der Waals surface area (Å²) < 4.78 is 1.77. The molecule has 0 aliphatic carbocycles. The van der Waals surface area contributed by atoms with Gasteiger partial charge in [0.2, 0.25) is 0 Å². The Labute approximate surface area is 60.0 Å². The lowest BCUT2D eigenvalue weighted by Gasteiger charge is -2.05. The second-order valence-corrected chi connectivity index (χ2v) is 2.38. The van der Waals surface area contributed by atoms with Crippen molar-refractivity contribution in [2.75, 3.05) is 5.73 Å². The first-order chi connectivity index (χ1) is 4.74. The fraction of sp³-hybridized carbons (Fsp3) is 0.667. The molecule has 0 bridgehead atoms. The molecule has 2 N–H and O–H groups in total. The number of aromatic nitrogens is 3. The van der Waals surface area contributed by atoms with Crippen LogP contribution in [-0.2, 0) is 0 Å². The van der Waals surface area contributed by atoms with E-state index >= 15 is 0 Å². The zero-order valence-corrected chi connectivity index (χ0v) is 6.28. The van der Waals surface area contributed by atoms with E-state index in [1.807, 2.05) is 0 Å². The molecule has 0 fully saturated rings. The quantitative estimate of drug-likeness (QED) is 0.662. The Morgan fingerprint density at radius 1 is 1.80 bits per heavy atom. The van der Waals surface area contributed by atoms with Crippen molar-refractivity contribution >= 4 is 5.82 Å². The number of nitrogens with two attached hydrogens (primary N) is 1. The van der Waals surface area contributed by atoms with Crippen LogP contribution >= 0.6 is 0 Å². The first-order valence-electron chi connectivity index (χ1n) is 3.41. The Kier molecular flexibility index (Phi) is 1.89. The van der Waals surface area contributed by atoms with Crippen molar-refractivity contribution in [2.45, 2.75) is 26.3 Å². The van der Waals surface area contributed by atoms with Crippen LogP contribution in [0.5, 0.6) is 0 Å². The number of hydrogen-bond acceptors (Lipinski definition) is 3. The molecule has 4 nitrogen and oxygen atoms in total. The molecule has 0 saturated carbocycles. The second kappa shape index (κ2) is 2.68. The second-order valence-electron chi connectivity index (χ2n) is 2.38. The van der Waals surface area contributed by atoms with Crippen LogP contribution in [0.4, 0.5) is 5.82 Å². The monoisotopic (exact) mass is 140 g/mol. The van der Waals surface area contributed by atoms with Crippen LogP contribution in [-0.4, -0.2) is 15.0 Å². The van der Waals surface area contributed by atoms with Gasteiger partial charge in [-0.3, -0.25) is 0 Å². The number of rotatable bonds is 2. The van der Waals surface area contributed by atoms with E-state index in [4.69, 9.17) is 5.73 Å². The molecular formula is C6H12N4. The highest BCUT2D eigenvalue weighted by molar-refractivity contribution is 5.19. The summed E-state index contributed by atoms with van der Waals surface area (Å²) >= 11 is 0. The fourth-order valence-corrected chi connectivity index (χ4v) is 0.693. The lowest BCUT2D eigenvalue weighted by atomic mass is 10.3. The van der Waals surface area contributed by atoms with E-state index in [0.717, 1.165) is 6.42 Å². The summed E-state index contributed by atoms with van der Waals surface area (Å²) in [7, 11) is 0. The molecule has 0 aliphatic rings. The van der Waals surface area contributed by atoms with Gasteiger partial charge in [-0.25, -0.2) is 4.68 Å². The van der Waals surface area contributed by atoms with Gasteiger partial charge < -0.3 is 5.73 Å². The fourth-order valence-electron chi connectivity index (χ4n) is 0.693. The minimum absolute atomic E-state index is 0.393. The van der Waals surface area contributed by atoms with Crippen LogP contribution in [0.15, 0.2) is 6.20 Å². The molecule has 1 unspecified atom stereocenters. The summed E-state index contributed by atoms with van der Waals surface area (Å²) in [6.07, 6.45) is 2.79. The van der Waals surface area contributed by atoms with Crippen molar-refractivity contribution < 1.29 is 0 Å². The molecule has 0 aromatic carbocycles. The maximum atomic E-state index is 5.38. The van der Waals surface area contributed by atoms with Crippen molar-refractivity contribution in [3.8, 4) is 0 Å². The number of hydrogen-bond donors (Lipinski definition) is 1. The van der Waals surface area contributed by atoms with E-state index in [1.54, 1.807) is 10.9 Å². The van der Waals surface area contributed by atoms with Gasteiger partial charge in [0.05, 0.1) is 12.2 Å². The lowest BCUT2D eigenvalue weighted by molar-refractivity contribution is 0.464. The summed E-state index contributed by atoms with van der Waals surface area (Å²) in [5, 5.41) is 7.50. The van der Waals surface area contributed by atoms with Gasteiger partial charge in [-0.15, -0.1) is 5.10 Å². The Bertz CT molecular complexity index is 205. The van der Waals surface area contributed by atoms with Crippen LogP contribution in [0.1, 0.15) is 26.3 Å². The molecule has 0 aliphatic heterocycles. The normalized spacial score (nSPS) is 13.4. The average molecular weight is 140 g/mol. The average Bonchev–Trinajstić information content (AvgIpc) is 2.34. The van der Waals surface area contributed by atoms with Crippen LogP contribution in [0, 0.1) is 0 Å². The third kappa shape index (κ3) is 1.26. The summed E-state index contributed by atoms with van der Waals surface area (Å²) in [6, 6.07) is 0.393. The number of nitrogen functional groups attached to an aromatic ring is 1. The van der Waals surface area contributed by atoms with E-state index in [9.17, 15) is 0 Å². The van der Waals surface area contributed by atoms with Crippen molar-refractivity contribution in [3.05, 3.63) is 6.20 Å². The van der Waals surface area contributed by atoms with Gasteiger partial charge in [0.25, 0.3) is 0 Å². The zero-order chi connectivity index (χ0) is 7.56. The standard InChI is InChI=1S/C6H12N4/c1-3-5(2)10-4-6(7)8-9-10/h4-5H,3,7H2,1-2H3. The molecule has 1 rings (SSSR count). The molecule has 1 heterocycles. The number of anilines is 1. The van der Waals surface area contributed by atoms with Crippen LogP contribution < -0.4 is 5.73 Å². The van der Waals surface area contributed by atoms with Crippen LogP contribution in [0.3, 0.4) is 0 Å². The summed E-state index contributed by atoms with van der Waals surface area (Å²) in [6.45, 7) is 4.18. The topological polar surface area (TPSA) is 56.7 Å². The minimum atomic E-state index is 0.393. The highest BCUT2D eigenvalue weighted by Crippen LogP contribution is 2.07. The van der Waals surface area contributed by atoms with Gasteiger partial charge in [0, 0.05) is 0 Å². The smallest absolute Gasteiger partial charge is 0.165 e. The van der Waals surface area contributed by atoms with E-state index in [-0.39, 0.29) is 0 Å². The Morgan fingerprint density at radius 3 is 2.90 bits per heavy atom. The van der Waals surface area contributed by atoms with Crippen molar-refractivity contribution in [1.82, 2.24) is 15.0 Å². The van der Waals surface area contributed by atoms with Gasteiger partial charge in [0.15, 0.2) is 5.82 Å². The SMILES string of the molecule is CCC(C)n1cc(N)nn1. The Morgan fingerprint density at radius 2 is 2.50 bits per heavy atom. The van der Waals surface area contributed by atoms with Gasteiger partial charge in [-0.1, -0.05) is 12.1 Å². The van der Waals surface area contributed by atoms with E-state index in [2.05, 4.69) is 24.2 Å². The number of nitrogens with zero attached hydrogens (tertiary/aromatic N) is 3. The highest BCUT2D eigenvalue weighted by atomic mass is 15.4. The van der Waals surface area contributed by atoms with Crippen molar-refractivity contribution in [1.29, 1.82) is 0 Å². The van der Waals surface area contributed by atoms with Gasteiger partial charge in [0.1, 0.15) is 0 Å². The van der Waals surface area contributed by atoms with Gasteiger partial charge in [-0.2, -0.15) is 0 Å². The van der Waals surface area contributed by atoms with Gasteiger partial charge >= 0.3 is 0 Å². The third-order valence-corrected chi connectivity index (χ3v) is 1.57. The molecule has 10 heavy (non-hydrogen) atoms. The predicted octanol–water partition coefficient (Wildman–Crippen LogP) is 0.831. The summed E-state index contributed by atoms with van der Waals surface area (Å²) in [5.74, 6) is 0.486. The first-order valence-corrected chi connectivity index (χ1v) is 3.41. The lowest BCUT2D eigenvalue weighted by Crippen LogP contribution is -2.03. The summed E-state index contributed by atoms with van der Waals surface area (Å²) in [5.41, 5.74) is 5.38. The summed E-state index contributed by atoms with van der Waals surface area (Å²) in [4.78, 5) is 0. The minimum Gasteiger partial charge on any atom is -0.381 e. The van der Waals surface area contributed by atoms with E-state index in [0.29, 0.717) is 11.9 Å². The predicted molar refractivity (Wildman–Crippen MR) is 39.4 cm³/mol. The Hall–Kier alpha value is -1.06. The molecule has 1 aromatic rings. The zero-order valence-electron chi connectivity index (χ0n) is 6.28. The molecule has 0 saturated heterocycles. The highest BCUT2D eigenvalue weighted by Gasteiger charge is 2.02. The Balaban J connectivity index is 2.74. The molecule has 1 atom stereocenters. The molecule has 0 spiro atoms. The largest absolute Gasteiger partial charge is 0.381 e. The maximum absolute atomic E-state index is 5.38. The van der Waals surface area contributed by atoms with Crippen LogP contribution in [0.2, 0.25) is 0 Å². The first kappa shape index (κ1) is 7.05. The van der Waals surface area contributed by atoms with E-state index in [1.165, 1.54) is 0 Å². The molecular weight excluding hydrogens is 128 g/mol.